The quantitative estimate of drug-likeness (QED) is 0.908. The molecule has 0 bridgehead atoms. The molecule has 2 atom stereocenters. The van der Waals surface area contributed by atoms with Crippen LogP contribution in [0.4, 0.5) is 0 Å². The van der Waals surface area contributed by atoms with Crippen LogP contribution >= 0.6 is 15.9 Å². The van der Waals surface area contributed by atoms with Crippen molar-refractivity contribution >= 4 is 21.8 Å². The number of halogens is 1. The van der Waals surface area contributed by atoms with Crippen LogP contribution in [0.25, 0.3) is 0 Å². The van der Waals surface area contributed by atoms with E-state index in [9.17, 15) is 9.90 Å². The first-order chi connectivity index (χ1) is 9.15. The highest BCUT2D eigenvalue weighted by Gasteiger charge is 2.45. The third kappa shape index (κ3) is 2.84. The molecule has 1 amide bonds. The topological polar surface area (TPSA) is 40.5 Å². The van der Waals surface area contributed by atoms with Crippen LogP contribution in [0.5, 0.6) is 0 Å². The lowest BCUT2D eigenvalue weighted by Gasteiger charge is -2.29. The Morgan fingerprint density at radius 1 is 1.21 bits per heavy atom. The van der Waals surface area contributed by atoms with Gasteiger partial charge in [-0.2, -0.15) is 0 Å². The lowest BCUT2D eigenvalue weighted by Crippen LogP contribution is -2.41. The fourth-order valence-electron chi connectivity index (χ4n) is 2.87. The fourth-order valence-corrected chi connectivity index (χ4v) is 3.13. The number of aliphatic hydroxyl groups excluding tert-OH is 1. The van der Waals surface area contributed by atoms with E-state index < -0.39 is 0 Å². The van der Waals surface area contributed by atoms with Crippen LogP contribution in [0.3, 0.4) is 0 Å². The van der Waals surface area contributed by atoms with E-state index in [4.69, 9.17) is 0 Å². The molecule has 2 fully saturated rings. The van der Waals surface area contributed by atoms with Crippen LogP contribution in [0.15, 0.2) is 28.7 Å². The minimum Gasteiger partial charge on any atom is -0.393 e. The van der Waals surface area contributed by atoms with Crippen molar-refractivity contribution in [3.8, 4) is 0 Å². The molecule has 0 aromatic heterocycles. The Hall–Kier alpha value is -0.870. The first-order valence-electron chi connectivity index (χ1n) is 6.87. The zero-order valence-electron chi connectivity index (χ0n) is 10.8. The molecule has 0 unspecified atom stereocenters. The van der Waals surface area contributed by atoms with Crippen LogP contribution in [0.1, 0.15) is 30.7 Å². The maximum absolute atomic E-state index is 12.4. The van der Waals surface area contributed by atoms with Gasteiger partial charge in [-0.15, -0.1) is 0 Å². The highest BCUT2D eigenvalue weighted by molar-refractivity contribution is 9.10. The molecule has 19 heavy (non-hydrogen) atoms. The average Bonchev–Trinajstić information content (AvgIpc) is 3.20. The maximum Gasteiger partial charge on any atom is 0.226 e. The summed E-state index contributed by atoms with van der Waals surface area (Å²) in [6.07, 6.45) is 2.20. The van der Waals surface area contributed by atoms with Gasteiger partial charge in [0.05, 0.1) is 6.10 Å². The molecule has 3 nitrogen and oxygen atoms in total. The van der Waals surface area contributed by atoms with E-state index in [1.807, 2.05) is 17.0 Å². The number of carbonyl (C=O) groups excluding carboxylic acids is 1. The van der Waals surface area contributed by atoms with Gasteiger partial charge in [-0.1, -0.05) is 28.1 Å². The van der Waals surface area contributed by atoms with E-state index in [0.717, 1.165) is 23.7 Å². The Morgan fingerprint density at radius 2 is 1.84 bits per heavy atom. The van der Waals surface area contributed by atoms with Gasteiger partial charge in [-0.05, 0) is 42.9 Å². The summed E-state index contributed by atoms with van der Waals surface area (Å²) in [6, 6.07) is 8.27. The van der Waals surface area contributed by atoms with Crippen molar-refractivity contribution in [2.24, 2.45) is 5.92 Å². The van der Waals surface area contributed by atoms with Crippen molar-refractivity contribution in [3.63, 3.8) is 0 Å². The summed E-state index contributed by atoms with van der Waals surface area (Å²) in [5.41, 5.74) is 1.26. The van der Waals surface area contributed by atoms with E-state index in [-0.39, 0.29) is 17.9 Å². The van der Waals surface area contributed by atoms with Crippen LogP contribution in [-0.2, 0) is 4.79 Å². The Kier molecular flexibility index (Phi) is 3.63. The number of amides is 1. The third-order valence-corrected chi connectivity index (χ3v) is 4.71. The molecule has 0 spiro atoms. The molecule has 4 heteroatoms. The summed E-state index contributed by atoms with van der Waals surface area (Å²) >= 11 is 3.43. The first kappa shape index (κ1) is 13.1. The number of piperidine rings is 1. The van der Waals surface area contributed by atoms with Gasteiger partial charge in [0.25, 0.3) is 0 Å². The first-order valence-corrected chi connectivity index (χ1v) is 7.67. The molecule has 1 aromatic rings. The molecule has 1 aliphatic heterocycles. The minimum absolute atomic E-state index is 0.163. The number of benzene rings is 1. The van der Waals surface area contributed by atoms with Gasteiger partial charge in [-0.3, -0.25) is 4.79 Å². The Labute approximate surface area is 121 Å². The molecule has 2 aliphatic rings. The van der Waals surface area contributed by atoms with Crippen LogP contribution < -0.4 is 0 Å². The summed E-state index contributed by atoms with van der Waals surface area (Å²) in [5.74, 6) is 0.837. The summed E-state index contributed by atoms with van der Waals surface area (Å²) < 4.78 is 1.07. The molecule has 1 heterocycles. The number of hydrogen-bond donors (Lipinski definition) is 1. The standard InChI is InChI=1S/C15H18BrNO2/c16-11-3-1-10(2-4-11)13-9-14(13)15(19)17-7-5-12(18)6-8-17/h1-4,12-14,18H,5-9H2/t13-,14-/m0/s1. The molecule has 102 valence electrons. The smallest absolute Gasteiger partial charge is 0.226 e. The van der Waals surface area contributed by atoms with E-state index >= 15 is 0 Å². The zero-order valence-corrected chi connectivity index (χ0v) is 12.3. The molecule has 1 saturated carbocycles. The predicted molar refractivity (Wildman–Crippen MR) is 76.8 cm³/mol. The molecular weight excluding hydrogens is 306 g/mol. The summed E-state index contributed by atoms with van der Waals surface area (Å²) in [7, 11) is 0. The van der Waals surface area contributed by atoms with Gasteiger partial charge in [0, 0.05) is 23.5 Å². The average molecular weight is 324 g/mol. The number of hydrogen-bond acceptors (Lipinski definition) is 2. The number of likely N-dealkylation sites (tertiary alicyclic amines) is 1. The lowest BCUT2D eigenvalue weighted by molar-refractivity contribution is -0.134. The van der Waals surface area contributed by atoms with Crippen molar-refractivity contribution in [2.45, 2.75) is 31.3 Å². The SMILES string of the molecule is O=C([C@H]1C[C@H]1c1ccc(Br)cc1)N1CCC(O)CC1. The van der Waals surface area contributed by atoms with E-state index in [1.165, 1.54) is 5.56 Å². The van der Waals surface area contributed by atoms with Crippen molar-refractivity contribution in [1.82, 2.24) is 4.90 Å². The highest BCUT2D eigenvalue weighted by Crippen LogP contribution is 2.48. The molecule has 1 aromatic carbocycles. The summed E-state index contributed by atoms with van der Waals surface area (Å²) in [5, 5.41) is 9.48. The molecule has 1 aliphatic carbocycles. The van der Waals surface area contributed by atoms with E-state index in [0.29, 0.717) is 19.0 Å². The molecular formula is C15H18BrNO2. The molecule has 0 radical (unpaired) electrons. The van der Waals surface area contributed by atoms with Crippen molar-refractivity contribution in [1.29, 1.82) is 0 Å². The van der Waals surface area contributed by atoms with Gasteiger partial charge in [0.2, 0.25) is 5.91 Å². The largest absolute Gasteiger partial charge is 0.393 e. The van der Waals surface area contributed by atoms with Gasteiger partial charge in [0.1, 0.15) is 0 Å². The normalized spacial score (nSPS) is 27.4. The minimum atomic E-state index is -0.217. The van der Waals surface area contributed by atoms with Gasteiger partial charge < -0.3 is 10.0 Å². The molecule has 1 N–H and O–H groups in total. The van der Waals surface area contributed by atoms with Crippen molar-refractivity contribution in [3.05, 3.63) is 34.3 Å². The van der Waals surface area contributed by atoms with Crippen molar-refractivity contribution in [2.75, 3.05) is 13.1 Å². The molecule has 3 rings (SSSR count). The highest BCUT2D eigenvalue weighted by atomic mass is 79.9. The Balaban J connectivity index is 1.60. The van der Waals surface area contributed by atoms with Gasteiger partial charge in [0.15, 0.2) is 0 Å². The van der Waals surface area contributed by atoms with Crippen LogP contribution in [0.2, 0.25) is 0 Å². The van der Waals surface area contributed by atoms with E-state index in [1.54, 1.807) is 0 Å². The van der Waals surface area contributed by atoms with Gasteiger partial charge in [-0.25, -0.2) is 0 Å². The summed E-state index contributed by atoms with van der Waals surface area (Å²) in [6.45, 7) is 1.42. The van der Waals surface area contributed by atoms with E-state index in [2.05, 4.69) is 28.1 Å². The summed E-state index contributed by atoms with van der Waals surface area (Å²) in [4.78, 5) is 14.3. The number of carbonyl (C=O) groups is 1. The second-order valence-electron chi connectivity index (χ2n) is 5.56. The fraction of sp³-hybridized carbons (Fsp3) is 0.533. The lowest BCUT2D eigenvalue weighted by atomic mass is 10.1. The number of rotatable bonds is 2. The Bertz CT molecular complexity index is 466. The Morgan fingerprint density at radius 3 is 2.47 bits per heavy atom. The second-order valence-corrected chi connectivity index (χ2v) is 6.47. The van der Waals surface area contributed by atoms with Crippen molar-refractivity contribution < 1.29 is 9.90 Å². The van der Waals surface area contributed by atoms with Crippen LogP contribution in [0, 0.1) is 5.92 Å². The molecule has 1 saturated heterocycles. The van der Waals surface area contributed by atoms with Gasteiger partial charge >= 0.3 is 0 Å². The second kappa shape index (κ2) is 5.25. The maximum atomic E-state index is 12.4. The third-order valence-electron chi connectivity index (χ3n) is 4.18. The predicted octanol–water partition coefficient (Wildman–Crippen LogP) is 2.54. The zero-order chi connectivity index (χ0) is 13.4. The monoisotopic (exact) mass is 323 g/mol. The number of aliphatic hydroxyl groups is 1. The number of nitrogens with zero attached hydrogens (tertiary/aromatic N) is 1. The van der Waals surface area contributed by atoms with Crippen LogP contribution in [-0.4, -0.2) is 35.1 Å².